The number of nitrogens with zero attached hydrogens (tertiary/aromatic N) is 3. The predicted molar refractivity (Wildman–Crippen MR) is 102 cm³/mol. The van der Waals surface area contributed by atoms with Crippen LogP contribution in [-0.2, 0) is 4.74 Å². The fraction of sp³-hybridized carbons (Fsp3) is 0.176. The highest BCUT2D eigenvalue weighted by atomic mass is 16.5. The first-order valence-corrected chi connectivity index (χ1v) is 8.40. The molecule has 3 aromatic rings. The number of nitrogen functional groups attached to an aromatic ring is 1. The summed E-state index contributed by atoms with van der Waals surface area (Å²) >= 11 is 0. The Bertz CT molecular complexity index is 1170. The Kier molecular flexibility index (Phi) is 5.35. The van der Waals surface area contributed by atoms with Crippen molar-refractivity contribution >= 4 is 46.1 Å². The van der Waals surface area contributed by atoms with Crippen LogP contribution in [0.15, 0.2) is 12.4 Å². The number of ether oxygens (including phenoxy) is 2. The Labute approximate surface area is 167 Å². The van der Waals surface area contributed by atoms with Gasteiger partial charge in [0.1, 0.15) is 23.5 Å². The molecule has 0 aliphatic heterocycles. The molecule has 0 spiro atoms. The fourth-order valence-corrected chi connectivity index (χ4v) is 2.84. The first kappa shape index (κ1) is 20.3. The monoisotopic (exact) mass is 416 g/mol. The number of aromatic carboxylic acids is 2. The normalized spacial score (nSPS) is 10.6. The number of methoxy groups -OCH3 is 1. The highest BCUT2D eigenvalue weighted by Crippen LogP contribution is 2.38. The van der Waals surface area contributed by atoms with Gasteiger partial charge in [0.2, 0.25) is 0 Å². The molecule has 0 fully saturated rings. The summed E-state index contributed by atoms with van der Waals surface area (Å²) in [6.45, 7) is 1.65. The molecule has 13 nitrogen and oxygen atoms in total. The molecule has 2 aromatic heterocycles. The summed E-state index contributed by atoms with van der Waals surface area (Å²) in [5.41, 5.74) is 4.57. The number of benzene rings is 1. The summed E-state index contributed by atoms with van der Waals surface area (Å²) in [6.07, 6.45) is 1.06. The van der Waals surface area contributed by atoms with Crippen molar-refractivity contribution in [1.82, 2.24) is 20.2 Å². The molecule has 0 saturated heterocycles. The van der Waals surface area contributed by atoms with Crippen LogP contribution in [0.25, 0.3) is 10.9 Å². The van der Waals surface area contributed by atoms with Gasteiger partial charge in [-0.1, -0.05) is 0 Å². The Morgan fingerprint density at radius 3 is 2.53 bits per heavy atom. The lowest BCUT2D eigenvalue weighted by Gasteiger charge is -2.16. The van der Waals surface area contributed by atoms with Crippen molar-refractivity contribution < 1.29 is 34.1 Å². The smallest absolute Gasteiger partial charge is 0.357 e. The van der Waals surface area contributed by atoms with E-state index < -0.39 is 29.2 Å². The van der Waals surface area contributed by atoms with Gasteiger partial charge in [-0.25, -0.2) is 24.4 Å². The number of carboxylic acid groups (broad SMARTS) is 2. The van der Waals surface area contributed by atoms with E-state index in [-0.39, 0.29) is 46.1 Å². The van der Waals surface area contributed by atoms with Crippen LogP contribution in [-0.4, -0.2) is 62.0 Å². The van der Waals surface area contributed by atoms with E-state index in [9.17, 15) is 24.6 Å². The summed E-state index contributed by atoms with van der Waals surface area (Å²) in [4.78, 5) is 43.6. The molecule has 13 heteroatoms. The standard InChI is InChI=1S/C17H16N6O7/c1-3-30-17(28)10-13(18)19-5-20-14(10)21-11-7(29-2)4-6-8(9(11)15(24)25)12(16(26)27)23-22-6/h4-5H,3H2,1-2H3,(H,22,23)(H,24,25)(H,26,27)(H3,18,19,20,21). The van der Waals surface area contributed by atoms with Gasteiger partial charge < -0.3 is 30.7 Å². The summed E-state index contributed by atoms with van der Waals surface area (Å²) in [5, 5.41) is 27.8. The number of H-pyrrole nitrogens is 1. The van der Waals surface area contributed by atoms with Crippen LogP contribution in [0.3, 0.4) is 0 Å². The molecule has 0 amide bonds. The number of aromatic nitrogens is 4. The number of rotatable bonds is 7. The summed E-state index contributed by atoms with van der Waals surface area (Å²) < 4.78 is 10.2. The summed E-state index contributed by atoms with van der Waals surface area (Å²) in [7, 11) is 1.28. The second-order valence-corrected chi connectivity index (χ2v) is 5.76. The minimum atomic E-state index is -1.47. The van der Waals surface area contributed by atoms with E-state index in [4.69, 9.17) is 15.2 Å². The second kappa shape index (κ2) is 7.90. The van der Waals surface area contributed by atoms with Gasteiger partial charge in [-0.15, -0.1) is 0 Å². The van der Waals surface area contributed by atoms with Crippen LogP contribution < -0.4 is 15.8 Å². The van der Waals surface area contributed by atoms with Crippen molar-refractivity contribution in [3.05, 3.63) is 29.2 Å². The minimum absolute atomic E-state index is 0.0208. The second-order valence-electron chi connectivity index (χ2n) is 5.76. The fourth-order valence-electron chi connectivity index (χ4n) is 2.84. The Morgan fingerprint density at radius 2 is 1.93 bits per heavy atom. The highest BCUT2D eigenvalue weighted by Gasteiger charge is 2.28. The van der Waals surface area contributed by atoms with Gasteiger partial charge in [0.05, 0.1) is 35.9 Å². The third-order valence-electron chi connectivity index (χ3n) is 4.05. The van der Waals surface area contributed by atoms with Gasteiger partial charge in [0, 0.05) is 6.07 Å². The van der Waals surface area contributed by atoms with Crippen molar-refractivity contribution in [1.29, 1.82) is 0 Å². The van der Waals surface area contributed by atoms with Crippen LogP contribution in [0, 0.1) is 0 Å². The summed E-state index contributed by atoms with van der Waals surface area (Å²) in [5.74, 6) is -4.06. The molecule has 0 bridgehead atoms. The molecule has 0 unspecified atom stereocenters. The Hall–Kier alpha value is -4.42. The van der Waals surface area contributed by atoms with Crippen molar-refractivity contribution in [3.63, 3.8) is 0 Å². The largest absolute Gasteiger partial charge is 0.494 e. The van der Waals surface area contributed by atoms with Crippen LogP contribution in [0.4, 0.5) is 17.3 Å². The molecule has 0 saturated carbocycles. The third-order valence-corrected chi connectivity index (χ3v) is 4.05. The highest BCUT2D eigenvalue weighted by molar-refractivity contribution is 6.16. The maximum atomic E-state index is 12.3. The van der Waals surface area contributed by atoms with E-state index in [1.165, 1.54) is 13.2 Å². The number of hydrogen-bond donors (Lipinski definition) is 5. The van der Waals surface area contributed by atoms with Crippen molar-refractivity contribution in [2.24, 2.45) is 0 Å². The van der Waals surface area contributed by atoms with Gasteiger partial charge in [0.25, 0.3) is 0 Å². The number of nitrogens with two attached hydrogens (primary N) is 1. The minimum Gasteiger partial charge on any atom is -0.494 e. The predicted octanol–water partition coefficient (Wildman–Crippen LogP) is 1.26. The molecule has 6 N–H and O–H groups in total. The zero-order valence-corrected chi connectivity index (χ0v) is 15.7. The van der Waals surface area contributed by atoms with Crippen LogP contribution >= 0.6 is 0 Å². The third kappa shape index (κ3) is 3.39. The SMILES string of the molecule is CCOC(=O)c1c(N)ncnc1Nc1c(OC)cc2[nH]nc(C(=O)O)c2c1C(=O)O. The molecule has 0 aliphatic carbocycles. The van der Waals surface area contributed by atoms with E-state index >= 15 is 0 Å². The van der Waals surface area contributed by atoms with Crippen LogP contribution in [0.2, 0.25) is 0 Å². The van der Waals surface area contributed by atoms with Crippen molar-refractivity contribution in [2.75, 3.05) is 24.8 Å². The molecule has 156 valence electrons. The lowest BCUT2D eigenvalue weighted by atomic mass is 10.0. The van der Waals surface area contributed by atoms with Gasteiger partial charge in [-0.05, 0) is 6.92 Å². The summed E-state index contributed by atoms with van der Waals surface area (Å²) in [6, 6.07) is 1.36. The Morgan fingerprint density at radius 1 is 1.20 bits per heavy atom. The van der Waals surface area contributed by atoms with E-state index in [0.29, 0.717) is 0 Å². The van der Waals surface area contributed by atoms with Crippen molar-refractivity contribution in [3.8, 4) is 5.75 Å². The lowest BCUT2D eigenvalue weighted by Crippen LogP contribution is -2.15. The number of anilines is 3. The zero-order chi connectivity index (χ0) is 22.0. The number of nitrogens with one attached hydrogen (secondary N) is 2. The number of hydrogen-bond acceptors (Lipinski definition) is 10. The van der Waals surface area contributed by atoms with E-state index in [1.807, 2.05) is 0 Å². The van der Waals surface area contributed by atoms with Crippen molar-refractivity contribution in [2.45, 2.75) is 6.92 Å². The molecular formula is C17H16N6O7. The number of esters is 1. The Balaban J connectivity index is 2.30. The van der Waals surface area contributed by atoms with E-state index in [1.54, 1.807) is 6.92 Å². The van der Waals surface area contributed by atoms with Gasteiger partial charge in [-0.3, -0.25) is 5.10 Å². The van der Waals surface area contributed by atoms with Gasteiger partial charge >= 0.3 is 17.9 Å². The molecule has 0 atom stereocenters. The molecule has 0 radical (unpaired) electrons. The topological polar surface area (TPSA) is 203 Å². The molecule has 30 heavy (non-hydrogen) atoms. The first-order chi connectivity index (χ1) is 14.3. The maximum absolute atomic E-state index is 12.3. The molecule has 0 aliphatic rings. The van der Waals surface area contributed by atoms with Crippen LogP contribution in [0.1, 0.15) is 38.1 Å². The van der Waals surface area contributed by atoms with E-state index in [0.717, 1.165) is 6.33 Å². The maximum Gasteiger partial charge on any atom is 0.357 e. The molecule has 1 aromatic carbocycles. The lowest BCUT2D eigenvalue weighted by molar-refractivity contribution is 0.0527. The zero-order valence-electron chi connectivity index (χ0n) is 15.7. The number of carbonyl (C=O) groups is 3. The van der Waals surface area contributed by atoms with Gasteiger partial charge in [-0.2, -0.15) is 5.10 Å². The molecule has 3 rings (SSSR count). The quantitative estimate of drug-likeness (QED) is 0.345. The number of carboxylic acids is 2. The van der Waals surface area contributed by atoms with E-state index in [2.05, 4.69) is 25.5 Å². The molecule has 2 heterocycles. The first-order valence-electron chi connectivity index (χ1n) is 8.40. The average molecular weight is 416 g/mol. The van der Waals surface area contributed by atoms with Gasteiger partial charge in [0.15, 0.2) is 11.5 Å². The number of carbonyl (C=O) groups excluding carboxylic acids is 1. The van der Waals surface area contributed by atoms with Crippen LogP contribution in [0.5, 0.6) is 5.75 Å². The number of fused-ring (bicyclic) bond motifs is 1. The number of aromatic amines is 1. The average Bonchev–Trinajstić information content (AvgIpc) is 3.11. The molecular weight excluding hydrogens is 400 g/mol.